The van der Waals surface area contributed by atoms with Crippen molar-refractivity contribution in [3.8, 4) is 0 Å². The number of hydrogen-bond donors (Lipinski definition) is 2. The van der Waals surface area contributed by atoms with Crippen molar-refractivity contribution >= 4 is 27.5 Å². The molecule has 2 rings (SSSR count). The monoisotopic (exact) mass is 300 g/mol. The number of anilines is 1. The van der Waals surface area contributed by atoms with Gasteiger partial charge in [-0.2, -0.15) is 11.8 Å². The molecule has 106 valence electrons. The Morgan fingerprint density at radius 1 is 1.47 bits per heavy atom. The molecule has 0 fully saturated rings. The molecule has 0 bridgehead atoms. The van der Waals surface area contributed by atoms with Gasteiger partial charge in [0.15, 0.2) is 0 Å². The van der Waals surface area contributed by atoms with E-state index in [9.17, 15) is 8.42 Å². The summed E-state index contributed by atoms with van der Waals surface area (Å²) in [6, 6.07) is 5.29. The molecular weight excluding hydrogens is 280 g/mol. The SMILES string of the molecule is CSC(C)CCNS(=O)(=O)c1ccc2c(c1)CCN2. The van der Waals surface area contributed by atoms with Crippen molar-refractivity contribution in [2.75, 3.05) is 24.7 Å². The van der Waals surface area contributed by atoms with E-state index in [0.29, 0.717) is 16.7 Å². The highest BCUT2D eigenvalue weighted by atomic mass is 32.2. The van der Waals surface area contributed by atoms with E-state index in [1.807, 2.05) is 12.3 Å². The van der Waals surface area contributed by atoms with Crippen LogP contribution < -0.4 is 10.0 Å². The molecule has 0 aliphatic carbocycles. The number of sulfonamides is 1. The third-order valence-electron chi connectivity index (χ3n) is 3.34. The fourth-order valence-corrected chi connectivity index (χ4v) is 3.50. The van der Waals surface area contributed by atoms with Gasteiger partial charge in [0.2, 0.25) is 10.0 Å². The number of benzene rings is 1. The Labute approximate surface area is 119 Å². The molecule has 0 amide bonds. The minimum atomic E-state index is -3.37. The highest BCUT2D eigenvalue weighted by Gasteiger charge is 2.17. The predicted molar refractivity (Wildman–Crippen MR) is 81.4 cm³/mol. The molecule has 0 saturated heterocycles. The van der Waals surface area contributed by atoms with Crippen LogP contribution in [0.25, 0.3) is 0 Å². The summed E-state index contributed by atoms with van der Waals surface area (Å²) in [6.45, 7) is 3.47. The van der Waals surface area contributed by atoms with E-state index in [1.54, 1.807) is 23.9 Å². The molecule has 2 N–H and O–H groups in total. The maximum absolute atomic E-state index is 12.2. The molecule has 0 radical (unpaired) electrons. The summed E-state index contributed by atoms with van der Waals surface area (Å²) in [5.41, 5.74) is 2.13. The van der Waals surface area contributed by atoms with Gasteiger partial charge in [0.05, 0.1) is 4.90 Å². The summed E-state index contributed by atoms with van der Waals surface area (Å²) in [5, 5.41) is 3.69. The third-order valence-corrected chi connectivity index (χ3v) is 5.84. The van der Waals surface area contributed by atoms with E-state index >= 15 is 0 Å². The van der Waals surface area contributed by atoms with Crippen LogP contribution in [0.2, 0.25) is 0 Å². The molecular formula is C13H20N2O2S2. The summed E-state index contributed by atoms with van der Waals surface area (Å²) in [7, 11) is -3.37. The minimum Gasteiger partial charge on any atom is -0.384 e. The molecule has 1 aromatic carbocycles. The Bertz CT molecular complexity index is 544. The van der Waals surface area contributed by atoms with Gasteiger partial charge in [-0.25, -0.2) is 13.1 Å². The van der Waals surface area contributed by atoms with Crippen LogP contribution in [0, 0.1) is 0 Å². The van der Waals surface area contributed by atoms with Gasteiger partial charge in [-0.3, -0.25) is 0 Å². The number of hydrogen-bond acceptors (Lipinski definition) is 4. The van der Waals surface area contributed by atoms with Crippen molar-refractivity contribution in [3.63, 3.8) is 0 Å². The van der Waals surface area contributed by atoms with Crippen LogP contribution >= 0.6 is 11.8 Å². The molecule has 1 unspecified atom stereocenters. The molecule has 1 aliphatic heterocycles. The van der Waals surface area contributed by atoms with Crippen LogP contribution in [0.4, 0.5) is 5.69 Å². The lowest BCUT2D eigenvalue weighted by molar-refractivity contribution is 0.579. The molecule has 1 atom stereocenters. The summed E-state index contributed by atoms with van der Waals surface area (Å²) in [5.74, 6) is 0. The zero-order chi connectivity index (χ0) is 13.9. The lowest BCUT2D eigenvalue weighted by atomic mass is 10.2. The van der Waals surface area contributed by atoms with Crippen molar-refractivity contribution < 1.29 is 8.42 Å². The molecule has 0 aromatic heterocycles. The van der Waals surface area contributed by atoms with Gasteiger partial charge in [0, 0.05) is 24.0 Å². The molecule has 1 heterocycles. The van der Waals surface area contributed by atoms with Gasteiger partial charge in [-0.15, -0.1) is 0 Å². The Kier molecular flexibility index (Phi) is 4.76. The highest BCUT2D eigenvalue weighted by molar-refractivity contribution is 7.99. The largest absolute Gasteiger partial charge is 0.384 e. The first-order chi connectivity index (χ1) is 9.03. The molecule has 4 nitrogen and oxygen atoms in total. The zero-order valence-electron chi connectivity index (χ0n) is 11.3. The van der Waals surface area contributed by atoms with Crippen LogP contribution in [0.3, 0.4) is 0 Å². The van der Waals surface area contributed by atoms with Crippen molar-refractivity contribution in [1.82, 2.24) is 4.72 Å². The molecule has 0 spiro atoms. The number of thioether (sulfide) groups is 1. The standard InChI is InChI=1S/C13H20N2O2S2/c1-10(18-2)5-8-15-19(16,17)12-3-4-13-11(9-12)6-7-14-13/h3-4,9-10,14-15H,5-8H2,1-2H3. The van der Waals surface area contributed by atoms with Crippen LogP contribution in [0.1, 0.15) is 18.9 Å². The summed E-state index contributed by atoms with van der Waals surface area (Å²) >= 11 is 1.74. The molecule has 19 heavy (non-hydrogen) atoms. The average Bonchev–Trinajstić information content (AvgIpc) is 2.85. The van der Waals surface area contributed by atoms with E-state index in [2.05, 4.69) is 17.0 Å². The maximum Gasteiger partial charge on any atom is 0.240 e. The molecule has 0 saturated carbocycles. The van der Waals surface area contributed by atoms with Gasteiger partial charge < -0.3 is 5.32 Å². The second kappa shape index (κ2) is 6.15. The lowest BCUT2D eigenvalue weighted by Crippen LogP contribution is -2.26. The summed E-state index contributed by atoms with van der Waals surface area (Å²) < 4.78 is 27.0. The van der Waals surface area contributed by atoms with E-state index in [4.69, 9.17) is 0 Å². The van der Waals surface area contributed by atoms with Crippen LogP contribution in [0.5, 0.6) is 0 Å². The molecule has 1 aromatic rings. The van der Waals surface area contributed by atoms with E-state index in [1.165, 1.54) is 0 Å². The van der Waals surface area contributed by atoms with Crippen LogP contribution in [-0.2, 0) is 16.4 Å². The van der Waals surface area contributed by atoms with Crippen molar-refractivity contribution in [2.24, 2.45) is 0 Å². The second-order valence-corrected chi connectivity index (χ2v) is 7.77. The Balaban J connectivity index is 2.03. The fraction of sp³-hybridized carbons (Fsp3) is 0.538. The van der Waals surface area contributed by atoms with Crippen molar-refractivity contribution in [2.45, 2.75) is 29.9 Å². The van der Waals surface area contributed by atoms with E-state index in [0.717, 1.165) is 30.6 Å². The quantitative estimate of drug-likeness (QED) is 0.844. The summed E-state index contributed by atoms with van der Waals surface area (Å²) in [6.07, 6.45) is 3.77. The Hall–Kier alpha value is -0.720. The zero-order valence-corrected chi connectivity index (χ0v) is 12.9. The lowest BCUT2D eigenvalue weighted by Gasteiger charge is -2.10. The van der Waals surface area contributed by atoms with E-state index < -0.39 is 10.0 Å². The smallest absolute Gasteiger partial charge is 0.240 e. The maximum atomic E-state index is 12.2. The average molecular weight is 300 g/mol. The third kappa shape index (κ3) is 3.64. The van der Waals surface area contributed by atoms with Crippen molar-refractivity contribution in [1.29, 1.82) is 0 Å². The van der Waals surface area contributed by atoms with Crippen LogP contribution in [0.15, 0.2) is 23.1 Å². The highest BCUT2D eigenvalue weighted by Crippen LogP contribution is 2.24. The number of fused-ring (bicyclic) bond motifs is 1. The molecule has 1 aliphatic rings. The normalized spacial score (nSPS) is 15.9. The fourth-order valence-electron chi connectivity index (χ4n) is 2.05. The van der Waals surface area contributed by atoms with Crippen molar-refractivity contribution in [3.05, 3.63) is 23.8 Å². The van der Waals surface area contributed by atoms with Gasteiger partial charge in [-0.05, 0) is 42.9 Å². The van der Waals surface area contributed by atoms with Gasteiger partial charge in [-0.1, -0.05) is 6.92 Å². The topological polar surface area (TPSA) is 58.2 Å². The minimum absolute atomic E-state index is 0.367. The summed E-state index contributed by atoms with van der Waals surface area (Å²) in [4.78, 5) is 0.367. The number of rotatable bonds is 6. The first kappa shape index (κ1) is 14.7. The van der Waals surface area contributed by atoms with Crippen LogP contribution in [-0.4, -0.2) is 33.0 Å². The predicted octanol–water partition coefficient (Wildman–Crippen LogP) is 2.07. The first-order valence-corrected chi connectivity index (χ1v) is 9.19. The second-order valence-electron chi connectivity index (χ2n) is 4.73. The Morgan fingerprint density at radius 2 is 2.26 bits per heavy atom. The first-order valence-electron chi connectivity index (χ1n) is 6.42. The van der Waals surface area contributed by atoms with Gasteiger partial charge in [0.25, 0.3) is 0 Å². The molecule has 6 heteroatoms. The van der Waals surface area contributed by atoms with E-state index in [-0.39, 0.29) is 0 Å². The Morgan fingerprint density at radius 3 is 3.00 bits per heavy atom. The van der Waals surface area contributed by atoms with Gasteiger partial charge in [0.1, 0.15) is 0 Å². The number of nitrogens with one attached hydrogen (secondary N) is 2. The van der Waals surface area contributed by atoms with Gasteiger partial charge >= 0.3 is 0 Å².